The summed E-state index contributed by atoms with van der Waals surface area (Å²) < 4.78 is 0. The molecule has 2 aromatic carbocycles. The summed E-state index contributed by atoms with van der Waals surface area (Å²) in [4.78, 5) is 70.2. The molecule has 0 fully saturated rings. The monoisotopic (exact) mass is 726 g/mol. The van der Waals surface area contributed by atoms with Crippen LogP contribution in [0.1, 0.15) is 64.5 Å². The van der Waals surface area contributed by atoms with Crippen LogP contribution in [-0.4, -0.2) is 87.6 Å². The highest BCUT2D eigenvalue weighted by molar-refractivity contribution is 5.95. The minimum Gasteiger partial charge on any atom is -0.508 e. The number of nitrogens with zero attached hydrogens (tertiary/aromatic N) is 1. The maximum Gasteiger partial charge on any atom is 0.326 e. The number of amides is 4. The van der Waals surface area contributed by atoms with Gasteiger partial charge in [-0.2, -0.15) is 0 Å². The van der Waals surface area contributed by atoms with Gasteiger partial charge in [-0.25, -0.2) is 4.79 Å². The zero-order valence-corrected chi connectivity index (χ0v) is 30.2. The molecule has 0 spiro atoms. The number of benzene rings is 2. The van der Waals surface area contributed by atoms with Gasteiger partial charge in [0.1, 0.15) is 35.7 Å². The van der Waals surface area contributed by atoms with E-state index >= 15 is 0 Å². The van der Waals surface area contributed by atoms with Crippen LogP contribution in [0.4, 0.5) is 0 Å². The van der Waals surface area contributed by atoms with Crippen LogP contribution in [0.5, 0.6) is 11.5 Å². The van der Waals surface area contributed by atoms with Gasteiger partial charge in [-0.1, -0.05) is 58.4 Å². The van der Waals surface area contributed by atoms with Crippen LogP contribution in [0.25, 0.3) is 0 Å². The van der Waals surface area contributed by atoms with Crippen LogP contribution in [0.2, 0.25) is 0 Å². The molecule has 0 aromatic heterocycles. The lowest BCUT2D eigenvalue weighted by atomic mass is 9.98. The molecule has 0 saturated carbocycles. The number of rotatable bonds is 21. The Balaban J connectivity index is 2.33. The van der Waals surface area contributed by atoms with E-state index in [1.165, 1.54) is 24.3 Å². The number of carboxylic acid groups (broad SMARTS) is 1. The first-order chi connectivity index (χ1) is 24.5. The number of nitrogens with two attached hydrogens (primary N) is 3. The van der Waals surface area contributed by atoms with Crippen molar-refractivity contribution in [3.8, 4) is 11.5 Å². The number of phenols is 2. The maximum absolute atomic E-state index is 13.9. The van der Waals surface area contributed by atoms with Crippen molar-refractivity contribution in [1.82, 2.24) is 21.3 Å². The summed E-state index contributed by atoms with van der Waals surface area (Å²) in [5.41, 5.74) is 18.3. The third-order valence-corrected chi connectivity index (χ3v) is 8.43. The van der Waals surface area contributed by atoms with E-state index in [-0.39, 0.29) is 62.0 Å². The van der Waals surface area contributed by atoms with E-state index in [9.17, 15) is 39.3 Å². The fraction of sp³-hybridized carbons (Fsp3) is 0.500. The Morgan fingerprint density at radius 2 is 1.19 bits per heavy atom. The van der Waals surface area contributed by atoms with Crippen LogP contribution >= 0.6 is 0 Å². The molecular formula is C36H54N8O8. The molecule has 2 rings (SSSR count). The lowest BCUT2D eigenvalue weighted by molar-refractivity contribution is -0.144. The first-order valence-corrected chi connectivity index (χ1v) is 17.3. The van der Waals surface area contributed by atoms with Crippen LogP contribution < -0.4 is 38.5 Å². The van der Waals surface area contributed by atoms with Crippen LogP contribution in [0, 0.1) is 11.8 Å². The van der Waals surface area contributed by atoms with Crippen molar-refractivity contribution in [2.45, 2.75) is 96.4 Å². The molecule has 0 aliphatic rings. The van der Waals surface area contributed by atoms with Crippen molar-refractivity contribution in [2.24, 2.45) is 34.0 Å². The first kappa shape index (κ1) is 42.8. The fourth-order valence-corrected chi connectivity index (χ4v) is 5.29. The van der Waals surface area contributed by atoms with Gasteiger partial charge in [0.15, 0.2) is 5.96 Å². The zero-order chi connectivity index (χ0) is 39.0. The van der Waals surface area contributed by atoms with Crippen molar-refractivity contribution >= 4 is 35.6 Å². The summed E-state index contributed by atoms with van der Waals surface area (Å²) in [6, 6.07) is 6.43. The average Bonchev–Trinajstić information content (AvgIpc) is 3.08. The summed E-state index contributed by atoms with van der Waals surface area (Å²) in [6.45, 7) is 7.31. The molecule has 13 N–H and O–H groups in total. The molecule has 6 unspecified atom stereocenters. The standard InChI is InChI=1S/C36H54N8O8/c1-5-21(4)30(35(51)52)44-32(48)27(7-6-16-40-36(38)39)41-33(49)28(17-20(2)3)43-34(50)29(19-23-10-14-25(46)15-11-23)42-31(47)26(37)18-22-8-12-24(45)13-9-22/h8-15,20-21,26-30,45-46H,5-7,16-19,37H2,1-4H3,(H,41,49)(H,42,47)(H,43,50)(H,44,48)(H,51,52)(H4,38,39,40). The highest BCUT2D eigenvalue weighted by Crippen LogP contribution is 2.15. The number of aromatic hydroxyl groups is 2. The predicted octanol–water partition coefficient (Wildman–Crippen LogP) is 0.380. The molecule has 286 valence electrons. The number of carboxylic acids is 1. The maximum atomic E-state index is 13.9. The highest BCUT2D eigenvalue weighted by Gasteiger charge is 2.33. The van der Waals surface area contributed by atoms with E-state index in [1.54, 1.807) is 38.1 Å². The van der Waals surface area contributed by atoms with Crippen molar-refractivity contribution in [3.05, 3.63) is 59.7 Å². The molecule has 6 atom stereocenters. The lowest BCUT2D eigenvalue weighted by Gasteiger charge is -2.28. The van der Waals surface area contributed by atoms with Gasteiger partial charge in [0.2, 0.25) is 23.6 Å². The van der Waals surface area contributed by atoms with E-state index in [2.05, 4.69) is 26.3 Å². The average molecular weight is 727 g/mol. The summed E-state index contributed by atoms with van der Waals surface area (Å²) >= 11 is 0. The smallest absolute Gasteiger partial charge is 0.326 e. The first-order valence-electron chi connectivity index (χ1n) is 17.3. The van der Waals surface area contributed by atoms with Gasteiger partial charge in [-0.3, -0.25) is 24.2 Å². The molecule has 16 nitrogen and oxygen atoms in total. The Morgan fingerprint density at radius 3 is 1.69 bits per heavy atom. The van der Waals surface area contributed by atoms with Crippen LogP contribution in [0.3, 0.4) is 0 Å². The highest BCUT2D eigenvalue weighted by atomic mass is 16.4. The quantitative estimate of drug-likeness (QED) is 0.0477. The van der Waals surface area contributed by atoms with Gasteiger partial charge in [0, 0.05) is 13.0 Å². The number of hydrogen-bond acceptors (Lipinski definition) is 9. The van der Waals surface area contributed by atoms with Gasteiger partial charge in [0.25, 0.3) is 0 Å². The summed E-state index contributed by atoms with van der Waals surface area (Å²) in [5, 5.41) is 39.7. The molecule has 0 bridgehead atoms. The number of hydrogen-bond donors (Lipinski definition) is 10. The molecule has 0 aliphatic heterocycles. The van der Waals surface area contributed by atoms with Crippen molar-refractivity contribution in [3.63, 3.8) is 0 Å². The number of phenolic OH excluding ortho intramolecular Hbond substituents is 2. The number of aliphatic imine (C=N–C) groups is 1. The number of carbonyl (C=O) groups excluding carboxylic acids is 4. The molecule has 0 saturated heterocycles. The zero-order valence-electron chi connectivity index (χ0n) is 30.2. The normalized spacial score (nSPS) is 14.5. The van der Waals surface area contributed by atoms with E-state index in [0.29, 0.717) is 17.5 Å². The Labute approximate surface area is 304 Å². The predicted molar refractivity (Wildman–Crippen MR) is 196 cm³/mol. The molecule has 2 aromatic rings. The lowest BCUT2D eigenvalue weighted by Crippen LogP contribution is -2.59. The molecule has 0 radical (unpaired) electrons. The van der Waals surface area contributed by atoms with Gasteiger partial charge < -0.3 is 53.8 Å². The Hall–Kier alpha value is -5.38. The minimum absolute atomic E-state index is 0.00842. The third kappa shape index (κ3) is 14.8. The second-order valence-corrected chi connectivity index (χ2v) is 13.3. The molecule has 4 amide bonds. The SMILES string of the molecule is CCC(C)C(NC(=O)C(CCCN=C(N)N)NC(=O)C(CC(C)C)NC(=O)C(Cc1ccc(O)cc1)NC(=O)C(N)Cc1ccc(O)cc1)C(=O)O. The summed E-state index contributed by atoms with van der Waals surface area (Å²) in [6.07, 6.45) is 1.06. The second kappa shape index (κ2) is 21.1. The summed E-state index contributed by atoms with van der Waals surface area (Å²) in [5.74, 6) is -4.56. The van der Waals surface area contributed by atoms with E-state index < -0.39 is 65.7 Å². The Morgan fingerprint density at radius 1 is 0.712 bits per heavy atom. The third-order valence-electron chi connectivity index (χ3n) is 8.43. The van der Waals surface area contributed by atoms with Gasteiger partial charge in [0.05, 0.1) is 6.04 Å². The number of nitrogens with one attached hydrogen (secondary N) is 4. The van der Waals surface area contributed by atoms with Crippen molar-refractivity contribution in [1.29, 1.82) is 0 Å². The van der Waals surface area contributed by atoms with Crippen LogP contribution in [-0.2, 0) is 36.8 Å². The topological polar surface area (TPSA) is 285 Å². The second-order valence-electron chi connectivity index (χ2n) is 13.3. The molecule has 0 aliphatic carbocycles. The molecule has 0 heterocycles. The Bertz CT molecular complexity index is 1510. The van der Waals surface area contributed by atoms with E-state index in [1.807, 2.05) is 13.8 Å². The van der Waals surface area contributed by atoms with Crippen molar-refractivity contribution in [2.75, 3.05) is 6.54 Å². The fourth-order valence-electron chi connectivity index (χ4n) is 5.29. The molecule has 16 heteroatoms. The van der Waals surface area contributed by atoms with Crippen molar-refractivity contribution < 1.29 is 39.3 Å². The van der Waals surface area contributed by atoms with Gasteiger partial charge >= 0.3 is 5.97 Å². The molecular weight excluding hydrogens is 672 g/mol. The number of guanidine groups is 1. The number of carbonyl (C=O) groups is 5. The number of aliphatic carboxylic acids is 1. The van der Waals surface area contributed by atoms with Gasteiger partial charge in [-0.05, 0) is 72.9 Å². The van der Waals surface area contributed by atoms with E-state index in [0.717, 1.165) is 0 Å². The van der Waals surface area contributed by atoms with Crippen LogP contribution in [0.15, 0.2) is 53.5 Å². The molecule has 52 heavy (non-hydrogen) atoms. The van der Waals surface area contributed by atoms with Gasteiger partial charge in [-0.15, -0.1) is 0 Å². The largest absolute Gasteiger partial charge is 0.508 e. The Kier molecular flexibility index (Phi) is 17.4. The van der Waals surface area contributed by atoms with E-state index in [4.69, 9.17) is 17.2 Å². The minimum atomic E-state index is -1.22. The summed E-state index contributed by atoms with van der Waals surface area (Å²) in [7, 11) is 0.